The van der Waals surface area contributed by atoms with Crippen LogP contribution >= 0.6 is 27.7 Å². The summed E-state index contributed by atoms with van der Waals surface area (Å²) >= 11 is 4.37. The molecule has 0 unspecified atom stereocenters. The van der Waals surface area contributed by atoms with E-state index in [0.29, 0.717) is 34.7 Å². The zero-order chi connectivity index (χ0) is 23.2. The van der Waals surface area contributed by atoms with Crippen LogP contribution in [0.15, 0.2) is 82.2 Å². The molecule has 0 aromatic heterocycles. The lowest BCUT2D eigenvalue weighted by Gasteiger charge is -2.12. The molecule has 33 heavy (non-hydrogen) atoms. The number of thioether (sulfide) groups is 1. The fourth-order valence-corrected chi connectivity index (χ4v) is 4.71. The lowest BCUT2D eigenvalue weighted by atomic mass is 10.1. The maximum Gasteiger partial charge on any atom is 0.293 e. The van der Waals surface area contributed by atoms with Gasteiger partial charge in [0.2, 0.25) is 0 Å². The van der Waals surface area contributed by atoms with E-state index in [9.17, 15) is 14.0 Å². The molecule has 0 N–H and O–H groups in total. The number of rotatable bonds is 8. The fourth-order valence-electron chi connectivity index (χ4n) is 3.47. The molecule has 0 spiro atoms. The predicted molar refractivity (Wildman–Crippen MR) is 132 cm³/mol. The first-order chi connectivity index (χ1) is 16.0. The van der Waals surface area contributed by atoms with Gasteiger partial charge in [0.15, 0.2) is 0 Å². The van der Waals surface area contributed by atoms with Crippen molar-refractivity contribution in [1.29, 1.82) is 0 Å². The predicted octanol–water partition coefficient (Wildman–Crippen LogP) is 6.84. The zero-order valence-corrected chi connectivity index (χ0v) is 20.1. The minimum Gasteiger partial charge on any atom is -0.488 e. The summed E-state index contributed by atoms with van der Waals surface area (Å²) in [6.07, 6.45) is 3.17. The number of aryl methyl sites for hydroxylation is 1. The van der Waals surface area contributed by atoms with Gasteiger partial charge in [0.1, 0.15) is 18.2 Å². The molecule has 1 saturated heterocycles. The number of hydrogen-bond donors (Lipinski definition) is 0. The first kappa shape index (κ1) is 23.3. The van der Waals surface area contributed by atoms with E-state index in [1.54, 1.807) is 24.3 Å². The van der Waals surface area contributed by atoms with E-state index in [2.05, 4.69) is 15.9 Å². The first-order valence-electron chi connectivity index (χ1n) is 10.5. The molecule has 4 rings (SSSR count). The molecule has 2 amide bonds. The zero-order valence-electron chi connectivity index (χ0n) is 17.7. The van der Waals surface area contributed by atoms with Gasteiger partial charge in [-0.15, -0.1) is 0 Å². The van der Waals surface area contributed by atoms with Gasteiger partial charge in [-0.05, 0) is 72.1 Å². The summed E-state index contributed by atoms with van der Waals surface area (Å²) in [6.45, 7) is 0.555. The van der Waals surface area contributed by atoms with E-state index in [1.165, 1.54) is 22.6 Å². The summed E-state index contributed by atoms with van der Waals surface area (Å²) < 4.78 is 20.2. The highest BCUT2D eigenvalue weighted by molar-refractivity contribution is 9.10. The molecule has 4 nitrogen and oxygen atoms in total. The highest BCUT2D eigenvalue weighted by atomic mass is 79.9. The first-order valence-corrected chi connectivity index (χ1v) is 12.1. The molecule has 7 heteroatoms. The number of nitrogens with zero attached hydrogens (tertiary/aromatic N) is 1. The maximum atomic E-state index is 13.4. The Hall–Kier alpha value is -2.90. The number of hydrogen-bond acceptors (Lipinski definition) is 4. The average Bonchev–Trinajstić information content (AvgIpc) is 3.07. The minimum atomic E-state index is -0.326. The molecular formula is C26H21BrFNO3S. The third-order valence-electron chi connectivity index (χ3n) is 5.11. The number of amides is 2. The van der Waals surface area contributed by atoms with Gasteiger partial charge < -0.3 is 4.74 Å². The molecule has 168 valence electrons. The number of ether oxygens (including phenoxy) is 1. The molecule has 0 aliphatic carbocycles. The second-order valence-corrected chi connectivity index (χ2v) is 9.43. The van der Waals surface area contributed by atoms with Crippen molar-refractivity contribution >= 4 is 44.9 Å². The van der Waals surface area contributed by atoms with E-state index in [0.717, 1.165) is 22.7 Å². The number of carbonyl (C=O) groups excluding carboxylic acids is 2. The smallest absolute Gasteiger partial charge is 0.293 e. The van der Waals surface area contributed by atoms with Crippen molar-refractivity contribution in [3.8, 4) is 5.75 Å². The normalized spacial score (nSPS) is 14.8. The van der Waals surface area contributed by atoms with E-state index in [1.807, 2.05) is 42.5 Å². The molecule has 3 aromatic rings. The van der Waals surface area contributed by atoms with Gasteiger partial charge in [-0.2, -0.15) is 0 Å². The van der Waals surface area contributed by atoms with Crippen LogP contribution in [0.5, 0.6) is 5.75 Å². The lowest BCUT2D eigenvalue weighted by molar-refractivity contribution is -0.122. The van der Waals surface area contributed by atoms with E-state index < -0.39 is 0 Å². The summed E-state index contributed by atoms with van der Waals surface area (Å²) in [4.78, 5) is 27.0. The Morgan fingerprint density at radius 1 is 0.970 bits per heavy atom. The van der Waals surface area contributed by atoms with Crippen LogP contribution in [-0.4, -0.2) is 22.6 Å². The van der Waals surface area contributed by atoms with Crippen LogP contribution in [0, 0.1) is 5.82 Å². The molecular weight excluding hydrogens is 505 g/mol. The molecule has 1 aliphatic heterocycles. The highest BCUT2D eigenvalue weighted by Gasteiger charge is 2.34. The molecule has 3 aromatic carbocycles. The van der Waals surface area contributed by atoms with E-state index in [-0.39, 0.29) is 23.6 Å². The second-order valence-electron chi connectivity index (χ2n) is 7.52. The Morgan fingerprint density at radius 3 is 2.55 bits per heavy atom. The van der Waals surface area contributed by atoms with Crippen LogP contribution in [-0.2, 0) is 17.8 Å². The maximum absolute atomic E-state index is 13.4. The average molecular weight is 526 g/mol. The van der Waals surface area contributed by atoms with Gasteiger partial charge in [-0.25, -0.2) is 4.39 Å². The van der Waals surface area contributed by atoms with Gasteiger partial charge in [-0.3, -0.25) is 14.5 Å². The molecule has 0 saturated carbocycles. The standard InChI is InChI=1S/C26H21BrFNO3S/c27-21-11-12-23(32-17-19-8-4-10-22(28)14-19)20(15-21)16-24-25(30)29(26(31)33-24)13-5-9-18-6-2-1-3-7-18/h1-4,6-8,10-12,14-16H,5,9,13,17H2/b24-16+. The van der Waals surface area contributed by atoms with Crippen LogP contribution in [0.4, 0.5) is 9.18 Å². The van der Waals surface area contributed by atoms with Crippen molar-refractivity contribution in [3.05, 3.63) is 105 Å². The highest BCUT2D eigenvalue weighted by Crippen LogP contribution is 2.35. The van der Waals surface area contributed by atoms with Crippen LogP contribution in [0.2, 0.25) is 0 Å². The number of halogens is 2. The van der Waals surface area contributed by atoms with Gasteiger partial charge in [0.05, 0.1) is 4.91 Å². The van der Waals surface area contributed by atoms with Gasteiger partial charge >= 0.3 is 0 Å². The van der Waals surface area contributed by atoms with Gasteiger partial charge in [0, 0.05) is 16.6 Å². The summed E-state index contributed by atoms with van der Waals surface area (Å²) in [7, 11) is 0. The van der Waals surface area contributed by atoms with Crippen molar-refractivity contribution in [3.63, 3.8) is 0 Å². The van der Waals surface area contributed by atoms with Crippen LogP contribution < -0.4 is 4.74 Å². The molecule has 0 bridgehead atoms. The van der Waals surface area contributed by atoms with Crippen LogP contribution in [0.3, 0.4) is 0 Å². The quantitative estimate of drug-likeness (QED) is 0.302. The summed E-state index contributed by atoms with van der Waals surface area (Å²) in [5.41, 5.74) is 2.53. The van der Waals surface area contributed by atoms with Crippen LogP contribution in [0.25, 0.3) is 6.08 Å². The monoisotopic (exact) mass is 525 g/mol. The Balaban J connectivity index is 1.45. The molecule has 1 fully saturated rings. The fraction of sp³-hybridized carbons (Fsp3) is 0.154. The second kappa shape index (κ2) is 10.8. The van der Waals surface area contributed by atoms with E-state index in [4.69, 9.17) is 4.74 Å². The minimum absolute atomic E-state index is 0.182. The van der Waals surface area contributed by atoms with Gasteiger partial charge in [0.25, 0.3) is 11.1 Å². The molecule has 1 aliphatic rings. The molecule has 1 heterocycles. The van der Waals surface area contributed by atoms with Gasteiger partial charge in [-0.1, -0.05) is 58.4 Å². The van der Waals surface area contributed by atoms with Crippen molar-refractivity contribution in [2.24, 2.45) is 0 Å². The van der Waals surface area contributed by atoms with E-state index >= 15 is 0 Å². The Morgan fingerprint density at radius 2 is 1.76 bits per heavy atom. The molecule has 0 atom stereocenters. The topological polar surface area (TPSA) is 46.6 Å². The Kier molecular flexibility index (Phi) is 7.62. The SMILES string of the molecule is O=C1S/C(=C/c2cc(Br)ccc2OCc2cccc(F)c2)C(=O)N1CCCc1ccccc1. The van der Waals surface area contributed by atoms with Crippen LogP contribution in [0.1, 0.15) is 23.1 Å². The summed E-state index contributed by atoms with van der Waals surface area (Å²) in [5.74, 6) is -0.0828. The summed E-state index contributed by atoms with van der Waals surface area (Å²) in [6, 6.07) is 21.6. The summed E-state index contributed by atoms with van der Waals surface area (Å²) in [5, 5.41) is -0.267. The third kappa shape index (κ3) is 6.12. The number of imide groups is 1. The number of benzene rings is 3. The van der Waals surface area contributed by atoms with Crippen molar-refractivity contribution < 1.29 is 18.7 Å². The molecule has 0 radical (unpaired) electrons. The van der Waals surface area contributed by atoms with Crippen molar-refractivity contribution in [2.45, 2.75) is 19.4 Å². The largest absolute Gasteiger partial charge is 0.488 e. The Bertz CT molecular complexity index is 1200. The lowest BCUT2D eigenvalue weighted by Crippen LogP contribution is -2.29. The number of carbonyl (C=O) groups is 2. The van der Waals surface area contributed by atoms with Crippen molar-refractivity contribution in [1.82, 2.24) is 4.90 Å². The Labute approximate surface area is 204 Å². The third-order valence-corrected chi connectivity index (χ3v) is 6.51. The van der Waals surface area contributed by atoms with Crippen molar-refractivity contribution in [2.75, 3.05) is 6.54 Å².